The van der Waals surface area contributed by atoms with E-state index in [1.165, 1.54) is 6.07 Å². The van der Waals surface area contributed by atoms with Crippen molar-refractivity contribution in [2.24, 2.45) is 5.73 Å². The van der Waals surface area contributed by atoms with Crippen LogP contribution in [-0.2, 0) is 27.4 Å². The number of hydrogen-bond donors (Lipinski definition) is 1. The second-order valence-electron chi connectivity index (χ2n) is 5.69. The lowest BCUT2D eigenvalue weighted by atomic mass is 10.1. The summed E-state index contributed by atoms with van der Waals surface area (Å²) in [6, 6.07) is 7.38. The Labute approximate surface area is 152 Å². The lowest BCUT2D eigenvalue weighted by Crippen LogP contribution is -2.46. The van der Waals surface area contributed by atoms with Crippen LogP contribution >= 0.6 is 11.6 Å². The Kier molecular flexibility index (Phi) is 4.40. The molecule has 1 atom stereocenters. The zero-order valence-electron chi connectivity index (χ0n) is 13.0. The van der Waals surface area contributed by atoms with Gasteiger partial charge in [0.1, 0.15) is 6.04 Å². The van der Waals surface area contributed by atoms with Crippen LogP contribution in [0.2, 0.25) is 5.02 Å². The van der Waals surface area contributed by atoms with Crippen molar-refractivity contribution < 1.29 is 26.4 Å². The van der Waals surface area contributed by atoms with Gasteiger partial charge in [-0.2, -0.15) is 13.2 Å². The van der Waals surface area contributed by atoms with E-state index in [9.17, 15) is 26.4 Å². The van der Waals surface area contributed by atoms with Crippen LogP contribution in [0, 0.1) is 0 Å². The van der Waals surface area contributed by atoms with E-state index in [2.05, 4.69) is 0 Å². The van der Waals surface area contributed by atoms with Gasteiger partial charge >= 0.3 is 6.18 Å². The molecule has 2 aromatic carbocycles. The highest BCUT2D eigenvalue weighted by molar-refractivity contribution is 7.93. The van der Waals surface area contributed by atoms with Crippen LogP contribution < -0.4 is 10.0 Å². The van der Waals surface area contributed by atoms with Crippen LogP contribution in [-0.4, -0.2) is 20.4 Å². The molecule has 0 bridgehead atoms. The molecule has 1 heterocycles. The van der Waals surface area contributed by atoms with E-state index in [0.717, 1.165) is 16.4 Å². The van der Waals surface area contributed by atoms with Crippen molar-refractivity contribution in [1.29, 1.82) is 0 Å². The molecule has 1 aliphatic rings. The highest BCUT2D eigenvalue weighted by Gasteiger charge is 2.42. The number of amides is 1. The molecule has 26 heavy (non-hydrogen) atoms. The number of halogens is 4. The number of fused-ring (bicyclic) bond motifs is 1. The maximum atomic E-state index is 13.1. The van der Waals surface area contributed by atoms with E-state index in [1.54, 1.807) is 18.2 Å². The predicted molar refractivity (Wildman–Crippen MR) is 89.2 cm³/mol. The van der Waals surface area contributed by atoms with Gasteiger partial charge in [0.25, 0.3) is 10.0 Å². The summed E-state index contributed by atoms with van der Waals surface area (Å²) in [4.78, 5) is 11.1. The summed E-state index contributed by atoms with van der Waals surface area (Å²) in [5, 5.41) is -0.621. The van der Waals surface area contributed by atoms with Crippen molar-refractivity contribution in [1.82, 2.24) is 0 Å². The van der Waals surface area contributed by atoms with Crippen molar-refractivity contribution in [3.05, 3.63) is 58.6 Å². The van der Waals surface area contributed by atoms with Gasteiger partial charge in [-0.25, -0.2) is 8.42 Å². The highest BCUT2D eigenvalue weighted by atomic mass is 35.5. The molecule has 0 saturated heterocycles. The summed E-state index contributed by atoms with van der Waals surface area (Å²) in [5.74, 6) is -0.894. The lowest BCUT2D eigenvalue weighted by Gasteiger charge is -2.25. The molecule has 1 amide bonds. The van der Waals surface area contributed by atoms with Crippen molar-refractivity contribution in [3.63, 3.8) is 0 Å². The monoisotopic (exact) mass is 404 g/mol. The molecule has 0 fully saturated rings. The number of rotatable bonds is 3. The predicted octanol–water partition coefficient (Wildman–Crippen LogP) is 2.96. The van der Waals surface area contributed by atoms with E-state index in [0.29, 0.717) is 11.6 Å². The summed E-state index contributed by atoms with van der Waals surface area (Å²) >= 11 is 5.55. The van der Waals surface area contributed by atoms with Gasteiger partial charge in [-0.15, -0.1) is 0 Å². The first-order valence-electron chi connectivity index (χ1n) is 7.32. The van der Waals surface area contributed by atoms with E-state index < -0.39 is 43.6 Å². The third-order valence-electron chi connectivity index (χ3n) is 4.05. The van der Waals surface area contributed by atoms with Crippen molar-refractivity contribution >= 4 is 33.2 Å². The van der Waals surface area contributed by atoms with Crippen molar-refractivity contribution in [2.45, 2.75) is 23.5 Å². The molecule has 0 saturated carbocycles. The van der Waals surface area contributed by atoms with Gasteiger partial charge in [0, 0.05) is 6.42 Å². The van der Waals surface area contributed by atoms with Crippen LogP contribution in [0.25, 0.3) is 0 Å². The standard InChI is InChI=1S/C16H12ClF3N2O3S/c17-12-6-5-10(8-11(12)16(18,19)20)26(24,25)22-13-4-2-1-3-9(13)7-14(22)15(21)23/h1-6,8,14H,7H2,(H2,21,23)/t14-/m0/s1. The number of para-hydroxylation sites is 1. The van der Waals surface area contributed by atoms with E-state index in [-0.39, 0.29) is 12.1 Å². The molecule has 0 spiro atoms. The summed E-state index contributed by atoms with van der Waals surface area (Å²) < 4.78 is 66.0. The van der Waals surface area contributed by atoms with Crippen LogP contribution in [0.5, 0.6) is 0 Å². The van der Waals surface area contributed by atoms with Crippen LogP contribution in [0.1, 0.15) is 11.1 Å². The Hall–Kier alpha value is -2.26. The number of hydrogen-bond acceptors (Lipinski definition) is 3. The molecular formula is C16H12ClF3N2O3S. The molecule has 5 nitrogen and oxygen atoms in total. The largest absolute Gasteiger partial charge is 0.417 e. The Balaban J connectivity index is 2.17. The molecular weight excluding hydrogens is 393 g/mol. The van der Waals surface area contributed by atoms with Gasteiger partial charge in [-0.05, 0) is 29.8 Å². The normalized spacial score (nSPS) is 17.2. The fourth-order valence-corrected chi connectivity index (χ4v) is 4.78. The molecule has 0 unspecified atom stereocenters. The van der Waals surface area contributed by atoms with Crippen LogP contribution in [0.15, 0.2) is 47.4 Å². The first-order valence-corrected chi connectivity index (χ1v) is 9.13. The van der Waals surface area contributed by atoms with Crippen LogP contribution in [0.4, 0.5) is 18.9 Å². The summed E-state index contributed by atoms with van der Waals surface area (Å²) in [6.07, 6.45) is -4.78. The van der Waals surface area contributed by atoms with Gasteiger partial charge in [0.2, 0.25) is 5.91 Å². The molecule has 3 rings (SSSR count). The SMILES string of the molecule is NC(=O)[C@@H]1Cc2ccccc2N1S(=O)(=O)c1ccc(Cl)c(C(F)(F)F)c1. The number of carbonyl (C=O) groups excluding carboxylic acids is 1. The maximum Gasteiger partial charge on any atom is 0.417 e. The van der Waals surface area contributed by atoms with Gasteiger partial charge < -0.3 is 5.73 Å². The van der Waals surface area contributed by atoms with Gasteiger partial charge in [0.05, 0.1) is 21.2 Å². The number of alkyl halides is 3. The average molecular weight is 405 g/mol. The number of primary amides is 1. The smallest absolute Gasteiger partial charge is 0.368 e. The molecule has 10 heteroatoms. The van der Waals surface area contributed by atoms with Gasteiger partial charge in [-0.3, -0.25) is 9.10 Å². The van der Waals surface area contributed by atoms with E-state index in [4.69, 9.17) is 17.3 Å². The molecule has 2 aromatic rings. The Morgan fingerprint density at radius 2 is 1.85 bits per heavy atom. The number of sulfonamides is 1. The van der Waals surface area contributed by atoms with Crippen molar-refractivity contribution in [2.75, 3.05) is 4.31 Å². The topological polar surface area (TPSA) is 80.5 Å². The maximum absolute atomic E-state index is 13.1. The fourth-order valence-electron chi connectivity index (χ4n) is 2.87. The molecule has 1 aliphatic heterocycles. The zero-order valence-corrected chi connectivity index (χ0v) is 14.6. The number of benzene rings is 2. The Morgan fingerprint density at radius 1 is 1.19 bits per heavy atom. The Bertz CT molecular complexity index is 992. The fraction of sp³-hybridized carbons (Fsp3) is 0.188. The molecule has 2 N–H and O–H groups in total. The number of carbonyl (C=O) groups is 1. The van der Waals surface area contributed by atoms with Crippen LogP contribution in [0.3, 0.4) is 0 Å². The van der Waals surface area contributed by atoms with E-state index in [1.807, 2.05) is 0 Å². The number of nitrogens with zero attached hydrogens (tertiary/aromatic N) is 1. The van der Waals surface area contributed by atoms with Crippen molar-refractivity contribution in [3.8, 4) is 0 Å². The summed E-state index contributed by atoms with van der Waals surface area (Å²) in [7, 11) is -4.47. The quantitative estimate of drug-likeness (QED) is 0.854. The minimum Gasteiger partial charge on any atom is -0.368 e. The minimum absolute atomic E-state index is 0.0461. The number of nitrogens with two attached hydrogens (primary N) is 1. The van der Waals surface area contributed by atoms with Gasteiger partial charge in [-0.1, -0.05) is 29.8 Å². The first kappa shape index (κ1) is 18.5. The zero-order chi connectivity index (χ0) is 19.3. The summed E-state index contributed by atoms with van der Waals surface area (Å²) in [5.41, 5.74) is 4.81. The second kappa shape index (κ2) is 6.17. The molecule has 0 aliphatic carbocycles. The number of anilines is 1. The first-order chi connectivity index (χ1) is 12.0. The minimum atomic E-state index is -4.82. The highest BCUT2D eigenvalue weighted by Crippen LogP contribution is 2.40. The molecule has 0 radical (unpaired) electrons. The average Bonchev–Trinajstić information content (AvgIpc) is 2.94. The second-order valence-corrected chi connectivity index (χ2v) is 7.91. The third-order valence-corrected chi connectivity index (χ3v) is 6.20. The Morgan fingerprint density at radius 3 is 2.46 bits per heavy atom. The lowest BCUT2D eigenvalue weighted by molar-refractivity contribution is -0.137. The third kappa shape index (κ3) is 3.01. The molecule has 0 aromatic heterocycles. The summed E-state index contributed by atoms with van der Waals surface area (Å²) in [6.45, 7) is 0. The molecule has 138 valence electrons. The van der Waals surface area contributed by atoms with Gasteiger partial charge in [0.15, 0.2) is 0 Å². The van der Waals surface area contributed by atoms with E-state index >= 15 is 0 Å².